The highest BCUT2D eigenvalue weighted by atomic mass is 32.1. The summed E-state index contributed by atoms with van der Waals surface area (Å²) in [6, 6.07) is 0.316. The van der Waals surface area contributed by atoms with Crippen LogP contribution in [0.2, 0.25) is 0 Å². The number of hydrogen-bond donors (Lipinski definition) is 2. The number of hydrogen-bond acceptors (Lipinski definition) is 2. The van der Waals surface area contributed by atoms with Gasteiger partial charge in [-0.15, -0.1) is 0 Å². The summed E-state index contributed by atoms with van der Waals surface area (Å²) in [5, 5.41) is 3.14. The molecule has 1 aliphatic carbocycles. The lowest BCUT2D eigenvalue weighted by Gasteiger charge is -2.30. The zero-order valence-corrected chi connectivity index (χ0v) is 13.3. The molecule has 0 heterocycles. The van der Waals surface area contributed by atoms with Crippen molar-refractivity contribution in [1.29, 1.82) is 0 Å². The first-order valence-corrected chi connectivity index (χ1v) is 7.96. The monoisotopic (exact) mass is 284 g/mol. The van der Waals surface area contributed by atoms with Crippen molar-refractivity contribution in [2.45, 2.75) is 65.3 Å². The maximum atomic E-state index is 12.2. The van der Waals surface area contributed by atoms with Crippen LogP contribution < -0.4 is 11.1 Å². The Balaban J connectivity index is 2.43. The quantitative estimate of drug-likeness (QED) is 0.737. The van der Waals surface area contributed by atoms with Crippen LogP contribution in [0.5, 0.6) is 0 Å². The van der Waals surface area contributed by atoms with Crippen LogP contribution in [-0.4, -0.2) is 16.9 Å². The maximum Gasteiger partial charge on any atom is 0.230 e. The van der Waals surface area contributed by atoms with Gasteiger partial charge in [-0.3, -0.25) is 4.79 Å². The molecule has 1 saturated carbocycles. The third kappa shape index (κ3) is 5.09. The molecule has 1 fully saturated rings. The van der Waals surface area contributed by atoms with Crippen molar-refractivity contribution in [2.24, 2.45) is 23.5 Å². The molecule has 110 valence electrons. The Morgan fingerprint density at radius 3 is 2.32 bits per heavy atom. The molecule has 1 rings (SSSR count). The molecular weight excluding hydrogens is 256 g/mol. The van der Waals surface area contributed by atoms with Crippen LogP contribution in [0.1, 0.15) is 59.3 Å². The number of thiocarbonyl (C=S) groups is 1. The predicted molar refractivity (Wildman–Crippen MR) is 83.9 cm³/mol. The third-order valence-electron chi connectivity index (χ3n) is 4.15. The van der Waals surface area contributed by atoms with E-state index in [1.54, 1.807) is 0 Å². The van der Waals surface area contributed by atoms with Gasteiger partial charge in [-0.05, 0) is 37.5 Å². The average Bonchev–Trinajstić information content (AvgIpc) is 2.31. The zero-order chi connectivity index (χ0) is 14.4. The summed E-state index contributed by atoms with van der Waals surface area (Å²) < 4.78 is 0. The summed E-state index contributed by atoms with van der Waals surface area (Å²) in [6.45, 7) is 6.21. The van der Waals surface area contributed by atoms with Gasteiger partial charge in [0.15, 0.2) is 0 Å². The number of carbonyl (C=O) groups is 1. The van der Waals surface area contributed by atoms with Gasteiger partial charge in [0.1, 0.15) is 0 Å². The molecule has 0 aliphatic heterocycles. The number of rotatable bonds is 6. The number of amides is 1. The Bertz CT molecular complexity index is 309. The molecule has 0 aromatic carbocycles. The summed E-state index contributed by atoms with van der Waals surface area (Å²) in [7, 11) is 0. The fourth-order valence-electron chi connectivity index (χ4n) is 3.06. The molecule has 1 aliphatic rings. The van der Waals surface area contributed by atoms with Crippen molar-refractivity contribution in [3.8, 4) is 0 Å². The second kappa shape index (κ2) is 7.83. The van der Waals surface area contributed by atoms with Crippen molar-refractivity contribution in [3.05, 3.63) is 0 Å². The second-order valence-electron chi connectivity index (χ2n) is 6.14. The molecule has 1 unspecified atom stereocenters. The highest BCUT2D eigenvalue weighted by Gasteiger charge is 2.28. The Morgan fingerprint density at radius 2 is 1.89 bits per heavy atom. The van der Waals surface area contributed by atoms with Gasteiger partial charge in [0.2, 0.25) is 5.91 Å². The lowest BCUT2D eigenvalue weighted by Crippen LogP contribution is -2.46. The Kier molecular flexibility index (Phi) is 6.76. The number of carbonyl (C=O) groups excluding carboxylic acids is 1. The Morgan fingerprint density at radius 1 is 1.32 bits per heavy atom. The summed E-state index contributed by atoms with van der Waals surface area (Å²) in [5.74, 6) is 0.702. The maximum absolute atomic E-state index is 12.2. The van der Waals surface area contributed by atoms with Gasteiger partial charge in [-0.25, -0.2) is 0 Å². The molecule has 1 atom stereocenters. The van der Waals surface area contributed by atoms with Gasteiger partial charge < -0.3 is 11.1 Å². The van der Waals surface area contributed by atoms with Crippen LogP contribution in [0, 0.1) is 17.8 Å². The van der Waals surface area contributed by atoms with Crippen LogP contribution in [0.25, 0.3) is 0 Å². The molecule has 1 amide bonds. The second-order valence-corrected chi connectivity index (χ2v) is 6.61. The zero-order valence-electron chi connectivity index (χ0n) is 12.4. The Labute approximate surface area is 122 Å². The molecule has 0 radical (unpaired) electrons. The fraction of sp³-hybridized carbons (Fsp3) is 0.867. The average molecular weight is 284 g/mol. The van der Waals surface area contributed by atoms with E-state index in [1.807, 2.05) is 13.8 Å². The minimum atomic E-state index is -0.330. The van der Waals surface area contributed by atoms with Gasteiger partial charge in [-0.2, -0.15) is 0 Å². The largest absolute Gasteiger partial charge is 0.393 e. The van der Waals surface area contributed by atoms with Crippen LogP contribution in [0.4, 0.5) is 0 Å². The smallest absolute Gasteiger partial charge is 0.230 e. The molecular formula is C15H28N2OS. The predicted octanol–water partition coefficient (Wildman–Crippen LogP) is 3.02. The molecule has 3 N–H and O–H groups in total. The van der Waals surface area contributed by atoms with E-state index in [1.165, 1.54) is 25.7 Å². The molecule has 0 aromatic heterocycles. The van der Waals surface area contributed by atoms with Crippen molar-refractivity contribution in [2.75, 3.05) is 0 Å². The van der Waals surface area contributed by atoms with Gasteiger partial charge in [0, 0.05) is 6.04 Å². The SMILES string of the molecule is CCCC1CCC(NC(=O)C(C(N)=S)C(C)C)CC1. The van der Waals surface area contributed by atoms with Crippen molar-refractivity contribution in [3.63, 3.8) is 0 Å². The molecule has 19 heavy (non-hydrogen) atoms. The number of nitrogens with two attached hydrogens (primary N) is 1. The van der Waals surface area contributed by atoms with E-state index in [0.29, 0.717) is 11.0 Å². The van der Waals surface area contributed by atoms with Gasteiger partial charge in [0.05, 0.1) is 10.9 Å². The minimum Gasteiger partial charge on any atom is -0.393 e. The molecule has 0 saturated heterocycles. The molecule has 4 heteroatoms. The van der Waals surface area contributed by atoms with Gasteiger partial charge in [-0.1, -0.05) is 45.8 Å². The summed E-state index contributed by atoms with van der Waals surface area (Å²) >= 11 is 5.01. The third-order valence-corrected chi connectivity index (χ3v) is 4.40. The Hall–Kier alpha value is -0.640. The van der Waals surface area contributed by atoms with Crippen molar-refractivity contribution in [1.82, 2.24) is 5.32 Å². The van der Waals surface area contributed by atoms with Crippen LogP contribution in [-0.2, 0) is 4.79 Å². The minimum absolute atomic E-state index is 0.0152. The molecule has 0 aromatic rings. The standard InChI is InChI=1S/C15H28N2OS/c1-4-5-11-6-8-12(9-7-11)17-15(18)13(10(2)3)14(16)19/h10-13H,4-9H2,1-3H3,(H2,16,19)(H,17,18). The van der Waals surface area contributed by atoms with E-state index in [-0.39, 0.29) is 17.7 Å². The highest BCUT2D eigenvalue weighted by Crippen LogP contribution is 2.28. The lowest BCUT2D eigenvalue weighted by atomic mass is 9.83. The van der Waals surface area contributed by atoms with E-state index in [4.69, 9.17) is 18.0 Å². The van der Waals surface area contributed by atoms with E-state index < -0.39 is 0 Å². The van der Waals surface area contributed by atoms with E-state index in [9.17, 15) is 4.79 Å². The van der Waals surface area contributed by atoms with E-state index >= 15 is 0 Å². The molecule has 3 nitrogen and oxygen atoms in total. The van der Waals surface area contributed by atoms with E-state index in [2.05, 4.69) is 12.2 Å². The van der Waals surface area contributed by atoms with Crippen LogP contribution in [0.3, 0.4) is 0 Å². The van der Waals surface area contributed by atoms with Gasteiger partial charge >= 0.3 is 0 Å². The summed E-state index contributed by atoms with van der Waals surface area (Å²) in [5.41, 5.74) is 5.68. The highest BCUT2D eigenvalue weighted by molar-refractivity contribution is 7.80. The fourth-order valence-corrected chi connectivity index (χ4v) is 3.43. The molecule has 0 spiro atoms. The van der Waals surface area contributed by atoms with Gasteiger partial charge in [0.25, 0.3) is 0 Å². The number of nitrogens with one attached hydrogen (secondary N) is 1. The van der Waals surface area contributed by atoms with Crippen molar-refractivity contribution >= 4 is 23.1 Å². The van der Waals surface area contributed by atoms with Crippen molar-refractivity contribution < 1.29 is 4.79 Å². The summed E-state index contributed by atoms with van der Waals surface area (Å²) in [6.07, 6.45) is 7.24. The normalized spacial score (nSPS) is 25.1. The first-order valence-electron chi connectivity index (χ1n) is 7.55. The van der Waals surface area contributed by atoms with Crippen LogP contribution >= 0.6 is 12.2 Å². The topological polar surface area (TPSA) is 55.1 Å². The lowest BCUT2D eigenvalue weighted by molar-refractivity contribution is -0.125. The first kappa shape index (κ1) is 16.4. The van der Waals surface area contributed by atoms with Crippen LogP contribution in [0.15, 0.2) is 0 Å². The molecule has 0 bridgehead atoms. The first-order chi connectivity index (χ1) is 8.95. The van der Waals surface area contributed by atoms with E-state index in [0.717, 1.165) is 18.8 Å². The summed E-state index contributed by atoms with van der Waals surface area (Å²) in [4.78, 5) is 12.5.